The van der Waals surface area contributed by atoms with E-state index in [2.05, 4.69) is 42.5 Å². The molecule has 3 heteroatoms. The van der Waals surface area contributed by atoms with Gasteiger partial charge in [-0.25, -0.2) is 0 Å². The van der Waals surface area contributed by atoms with E-state index in [1.165, 1.54) is 16.3 Å². The molecule has 2 aromatic rings. The second kappa shape index (κ2) is 5.22. The molecule has 0 N–H and O–H groups in total. The van der Waals surface area contributed by atoms with Crippen LogP contribution in [0.5, 0.6) is 0 Å². The van der Waals surface area contributed by atoms with Gasteiger partial charge >= 0.3 is 5.37 Å². The highest BCUT2D eigenvalue weighted by Crippen LogP contribution is 2.32. The fraction of sp³-hybridized carbons (Fsp3) is 0.312. The molecule has 0 radical (unpaired) electrons. The van der Waals surface area contributed by atoms with Crippen LogP contribution >= 0.6 is 11.6 Å². The Labute approximate surface area is 118 Å². The fourth-order valence-electron chi connectivity index (χ4n) is 3.00. The Morgan fingerprint density at radius 3 is 2.79 bits per heavy atom. The molecule has 1 unspecified atom stereocenters. The molecule has 2 aromatic carbocycles. The van der Waals surface area contributed by atoms with E-state index in [0.29, 0.717) is 5.92 Å². The Bertz CT molecular complexity index is 605. The van der Waals surface area contributed by atoms with Gasteiger partial charge in [-0.1, -0.05) is 42.5 Å². The maximum absolute atomic E-state index is 11.3. The average Bonchev–Trinajstić information content (AvgIpc) is 2.47. The van der Waals surface area contributed by atoms with Crippen molar-refractivity contribution in [2.45, 2.75) is 18.8 Å². The zero-order valence-corrected chi connectivity index (χ0v) is 11.4. The lowest BCUT2D eigenvalue weighted by molar-refractivity contribution is 0.202. The lowest BCUT2D eigenvalue weighted by Crippen LogP contribution is -2.36. The lowest BCUT2D eigenvalue weighted by atomic mass is 9.87. The van der Waals surface area contributed by atoms with Crippen LogP contribution in [0.1, 0.15) is 24.3 Å². The van der Waals surface area contributed by atoms with Crippen LogP contribution < -0.4 is 0 Å². The van der Waals surface area contributed by atoms with Gasteiger partial charge in [-0.15, -0.1) is 0 Å². The van der Waals surface area contributed by atoms with Crippen LogP contribution in [0.2, 0.25) is 0 Å². The lowest BCUT2D eigenvalue weighted by Gasteiger charge is -2.32. The van der Waals surface area contributed by atoms with E-state index < -0.39 is 0 Å². The molecule has 0 aliphatic carbocycles. The highest BCUT2D eigenvalue weighted by molar-refractivity contribution is 6.62. The van der Waals surface area contributed by atoms with Crippen molar-refractivity contribution in [2.75, 3.05) is 13.1 Å². The SMILES string of the molecule is O=C(Cl)N1CCCC(c2cccc3ccccc23)C1. The van der Waals surface area contributed by atoms with Crippen molar-refractivity contribution in [1.29, 1.82) is 0 Å². The van der Waals surface area contributed by atoms with E-state index in [4.69, 9.17) is 11.6 Å². The summed E-state index contributed by atoms with van der Waals surface area (Å²) in [6, 6.07) is 14.8. The zero-order chi connectivity index (χ0) is 13.2. The number of likely N-dealkylation sites (tertiary alicyclic amines) is 1. The molecule has 98 valence electrons. The molecule has 0 aromatic heterocycles. The molecule has 3 rings (SSSR count). The second-order valence-corrected chi connectivity index (χ2v) is 5.43. The predicted molar refractivity (Wildman–Crippen MR) is 78.7 cm³/mol. The minimum atomic E-state index is -0.329. The number of piperidine rings is 1. The molecular formula is C16H16ClNO. The summed E-state index contributed by atoms with van der Waals surface area (Å²) < 4.78 is 0. The molecule has 0 saturated carbocycles. The first-order chi connectivity index (χ1) is 9.25. The van der Waals surface area contributed by atoms with Gasteiger partial charge in [0.15, 0.2) is 0 Å². The monoisotopic (exact) mass is 273 g/mol. The van der Waals surface area contributed by atoms with Gasteiger partial charge in [0.25, 0.3) is 0 Å². The molecule has 0 bridgehead atoms. The molecule has 1 saturated heterocycles. The van der Waals surface area contributed by atoms with Crippen LogP contribution in [0, 0.1) is 0 Å². The molecule has 1 aliphatic rings. The third-order valence-electron chi connectivity index (χ3n) is 3.93. The van der Waals surface area contributed by atoms with E-state index in [-0.39, 0.29) is 5.37 Å². The minimum absolute atomic E-state index is 0.329. The summed E-state index contributed by atoms with van der Waals surface area (Å²) >= 11 is 5.61. The number of rotatable bonds is 1. The van der Waals surface area contributed by atoms with Crippen molar-refractivity contribution in [3.8, 4) is 0 Å². The largest absolute Gasteiger partial charge is 0.329 e. The van der Waals surface area contributed by atoms with Crippen molar-refractivity contribution in [1.82, 2.24) is 4.90 Å². The first-order valence-corrected chi connectivity index (χ1v) is 7.05. The number of hydrogen-bond donors (Lipinski definition) is 0. The van der Waals surface area contributed by atoms with E-state index in [0.717, 1.165) is 25.9 Å². The third kappa shape index (κ3) is 2.45. The quantitative estimate of drug-likeness (QED) is 0.558. The Kier molecular flexibility index (Phi) is 3.43. The third-order valence-corrected chi connectivity index (χ3v) is 4.17. The number of carbonyl (C=O) groups is 1. The van der Waals surface area contributed by atoms with Gasteiger partial charge in [-0.05, 0) is 40.8 Å². The van der Waals surface area contributed by atoms with Gasteiger partial charge in [0.2, 0.25) is 0 Å². The standard InChI is InChI=1S/C16H16ClNO/c17-16(19)18-10-4-7-13(11-18)15-9-3-6-12-5-1-2-8-14(12)15/h1-3,5-6,8-9,13H,4,7,10-11H2. The van der Waals surface area contributed by atoms with Gasteiger partial charge in [0.1, 0.15) is 0 Å². The van der Waals surface area contributed by atoms with Crippen molar-refractivity contribution in [3.63, 3.8) is 0 Å². The number of nitrogens with zero attached hydrogens (tertiary/aromatic N) is 1. The highest BCUT2D eigenvalue weighted by atomic mass is 35.5. The molecule has 0 spiro atoms. The van der Waals surface area contributed by atoms with Crippen molar-refractivity contribution >= 4 is 27.7 Å². The first kappa shape index (κ1) is 12.5. The predicted octanol–water partition coefficient (Wildman–Crippen LogP) is 4.38. The number of hydrogen-bond acceptors (Lipinski definition) is 1. The van der Waals surface area contributed by atoms with Crippen molar-refractivity contribution < 1.29 is 4.79 Å². The smallest absolute Gasteiger partial charge is 0.316 e. The van der Waals surface area contributed by atoms with E-state index in [1.807, 2.05) is 0 Å². The van der Waals surface area contributed by atoms with Crippen LogP contribution in [-0.4, -0.2) is 23.4 Å². The number of carbonyl (C=O) groups excluding carboxylic acids is 1. The van der Waals surface area contributed by atoms with Crippen LogP contribution in [0.25, 0.3) is 10.8 Å². The number of halogens is 1. The number of benzene rings is 2. The molecule has 1 amide bonds. The van der Waals surface area contributed by atoms with Crippen molar-refractivity contribution in [2.24, 2.45) is 0 Å². The average molecular weight is 274 g/mol. The van der Waals surface area contributed by atoms with Gasteiger partial charge in [0, 0.05) is 19.0 Å². The normalized spacial score (nSPS) is 19.6. The fourth-order valence-corrected chi connectivity index (χ4v) is 3.15. The molecule has 19 heavy (non-hydrogen) atoms. The van der Waals surface area contributed by atoms with Crippen molar-refractivity contribution in [3.05, 3.63) is 48.0 Å². The molecule has 1 heterocycles. The summed E-state index contributed by atoms with van der Waals surface area (Å²) in [6.07, 6.45) is 2.14. The Balaban J connectivity index is 1.97. The van der Waals surface area contributed by atoms with Crippen LogP contribution in [-0.2, 0) is 0 Å². The maximum atomic E-state index is 11.3. The van der Waals surface area contributed by atoms with Crippen LogP contribution in [0.4, 0.5) is 4.79 Å². The van der Waals surface area contributed by atoms with Crippen LogP contribution in [0.3, 0.4) is 0 Å². The topological polar surface area (TPSA) is 20.3 Å². The molecule has 2 nitrogen and oxygen atoms in total. The molecular weight excluding hydrogens is 258 g/mol. The summed E-state index contributed by atoms with van der Waals surface area (Å²) in [6.45, 7) is 1.51. The van der Waals surface area contributed by atoms with Gasteiger partial charge in [-0.3, -0.25) is 4.79 Å². The summed E-state index contributed by atoms with van der Waals surface area (Å²) in [5, 5.41) is 2.22. The Morgan fingerprint density at radius 1 is 1.16 bits per heavy atom. The summed E-state index contributed by atoms with van der Waals surface area (Å²) in [7, 11) is 0. The molecule has 1 aliphatic heterocycles. The Morgan fingerprint density at radius 2 is 1.95 bits per heavy atom. The summed E-state index contributed by atoms with van der Waals surface area (Å²) in [4.78, 5) is 13.1. The summed E-state index contributed by atoms with van der Waals surface area (Å²) in [5.41, 5.74) is 1.33. The molecule has 1 fully saturated rings. The maximum Gasteiger partial charge on any atom is 0.316 e. The first-order valence-electron chi connectivity index (χ1n) is 6.68. The van der Waals surface area contributed by atoms with E-state index in [1.54, 1.807) is 4.90 Å². The van der Waals surface area contributed by atoms with E-state index in [9.17, 15) is 4.79 Å². The van der Waals surface area contributed by atoms with Gasteiger partial charge in [0.05, 0.1) is 0 Å². The van der Waals surface area contributed by atoms with Gasteiger partial charge in [-0.2, -0.15) is 0 Å². The highest BCUT2D eigenvalue weighted by Gasteiger charge is 2.24. The van der Waals surface area contributed by atoms with E-state index >= 15 is 0 Å². The number of fused-ring (bicyclic) bond motifs is 1. The second-order valence-electron chi connectivity index (χ2n) is 5.11. The minimum Gasteiger partial charge on any atom is -0.329 e. The molecule has 1 atom stereocenters. The number of amides is 1. The van der Waals surface area contributed by atoms with Gasteiger partial charge < -0.3 is 4.90 Å². The van der Waals surface area contributed by atoms with Crippen LogP contribution in [0.15, 0.2) is 42.5 Å². The summed E-state index contributed by atoms with van der Waals surface area (Å²) in [5.74, 6) is 0.391. The Hall–Kier alpha value is -1.54. The zero-order valence-electron chi connectivity index (χ0n) is 10.7.